The smallest absolute Gasteiger partial charge is 0.410 e. The number of ether oxygens (including phenoxy) is 1. The maximum Gasteiger partial charge on any atom is 0.410 e. The third-order valence-corrected chi connectivity index (χ3v) is 5.55. The second kappa shape index (κ2) is 10.2. The fourth-order valence-electron chi connectivity index (χ4n) is 4.06. The van der Waals surface area contributed by atoms with Crippen molar-refractivity contribution in [3.63, 3.8) is 0 Å². The van der Waals surface area contributed by atoms with E-state index in [0.29, 0.717) is 31.4 Å². The predicted octanol–water partition coefficient (Wildman–Crippen LogP) is 2.75. The summed E-state index contributed by atoms with van der Waals surface area (Å²) in [5, 5.41) is 6.78. The summed E-state index contributed by atoms with van der Waals surface area (Å²) in [6.07, 6.45) is 5.23. The number of carbonyl (C=O) groups excluding carboxylic acids is 1. The van der Waals surface area contributed by atoms with Crippen molar-refractivity contribution in [1.29, 1.82) is 0 Å². The summed E-state index contributed by atoms with van der Waals surface area (Å²) < 4.78 is 19.6. The van der Waals surface area contributed by atoms with E-state index in [1.165, 1.54) is 6.07 Å². The lowest BCUT2D eigenvalue weighted by molar-refractivity contribution is 0.0104. The molecule has 3 heterocycles. The Morgan fingerprint density at radius 2 is 2.13 bits per heavy atom. The van der Waals surface area contributed by atoms with Crippen LogP contribution in [0, 0.1) is 5.82 Å². The van der Waals surface area contributed by atoms with Crippen molar-refractivity contribution >= 4 is 17.9 Å². The van der Waals surface area contributed by atoms with Crippen LogP contribution in [0.1, 0.15) is 46.5 Å². The Morgan fingerprint density at radius 1 is 1.32 bits per heavy atom. The highest BCUT2D eigenvalue weighted by atomic mass is 19.1. The van der Waals surface area contributed by atoms with Gasteiger partial charge < -0.3 is 25.2 Å². The molecule has 1 aromatic heterocycles. The summed E-state index contributed by atoms with van der Waals surface area (Å²) in [5.41, 5.74) is -0.508. The number of guanidine groups is 1. The first-order valence-corrected chi connectivity index (χ1v) is 11.1. The van der Waals surface area contributed by atoms with E-state index in [-0.39, 0.29) is 24.0 Å². The van der Waals surface area contributed by atoms with Crippen LogP contribution in [0.25, 0.3) is 0 Å². The number of aliphatic imine (C=N–C) groups is 1. The first-order chi connectivity index (χ1) is 14.8. The Kier molecular flexibility index (Phi) is 7.56. The molecule has 0 radical (unpaired) electrons. The minimum atomic E-state index is -0.508. The van der Waals surface area contributed by atoms with E-state index in [0.717, 1.165) is 32.2 Å². The van der Waals surface area contributed by atoms with Gasteiger partial charge in [-0.15, -0.1) is 0 Å². The van der Waals surface area contributed by atoms with Gasteiger partial charge in [0.25, 0.3) is 0 Å². The number of halogens is 1. The van der Waals surface area contributed by atoms with Gasteiger partial charge in [-0.1, -0.05) is 0 Å². The Morgan fingerprint density at radius 3 is 2.84 bits per heavy atom. The summed E-state index contributed by atoms with van der Waals surface area (Å²) in [7, 11) is 1.73. The normalized spacial score (nSPS) is 22.4. The maximum absolute atomic E-state index is 14.0. The molecule has 1 amide bonds. The molecule has 1 aromatic rings. The lowest BCUT2D eigenvalue weighted by Gasteiger charge is -2.37. The van der Waals surface area contributed by atoms with Gasteiger partial charge >= 0.3 is 6.09 Å². The first kappa shape index (κ1) is 23.1. The fourth-order valence-corrected chi connectivity index (χ4v) is 4.06. The number of hydrogen-bond donors (Lipinski definition) is 2. The SMILES string of the molecule is CN=C(NCC1CCCCN1C(=O)OC(C)(C)C)NC1CCN(c2ncccc2F)C1. The summed E-state index contributed by atoms with van der Waals surface area (Å²) in [5.74, 6) is 0.776. The predicted molar refractivity (Wildman–Crippen MR) is 120 cm³/mol. The molecule has 172 valence electrons. The number of pyridine rings is 1. The molecule has 0 saturated carbocycles. The molecule has 2 fully saturated rings. The summed E-state index contributed by atoms with van der Waals surface area (Å²) in [4.78, 5) is 24.9. The number of aromatic nitrogens is 1. The number of anilines is 1. The van der Waals surface area contributed by atoms with Gasteiger partial charge in [0.2, 0.25) is 0 Å². The van der Waals surface area contributed by atoms with Gasteiger partial charge in [0, 0.05) is 45.5 Å². The van der Waals surface area contributed by atoms with Crippen LogP contribution in [-0.2, 0) is 4.74 Å². The summed E-state index contributed by atoms with van der Waals surface area (Å²) in [6.45, 7) is 8.35. The van der Waals surface area contributed by atoms with Crippen LogP contribution in [0.4, 0.5) is 15.0 Å². The van der Waals surface area contributed by atoms with Crippen molar-refractivity contribution in [2.24, 2.45) is 4.99 Å². The zero-order valence-corrected chi connectivity index (χ0v) is 19.0. The number of nitrogens with one attached hydrogen (secondary N) is 2. The van der Waals surface area contributed by atoms with E-state index in [4.69, 9.17) is 4.74 Å². The number of carbonyl (C=O) groups is 1. The second-order valence-electron chi connectivity index (χ2n) is 9.16. The molecule has 0 aromatic carbocycles. The second-order valence-corrected chi connectivity index (χ2v) is 9.16. The van der Waals surface area contributed by atoms with Crippen LogP contribution >= 0.6 is 0 Å². The van der Waals surface area contributed by atoms with Crippen molar-refractivity contribution < 1.29 is 13.9 Å². The van der Waals surface area contributed by atoms with E-state index in [2.05, 4.69) is 20.6 Å². The van der Waals surface area contributed by atoms with Crippen LogP contribution in [0.15, 0.2) is 23.3 Å². The summed E-state index contributed by atoms with van der Waals surface area (Å²) >= 11 is 0. The highest BCUT2D eigenvalue weighted by molar-refractivity contribution is 5.80. The molecule has 3 rings (SSSR count). The molecule has 0 bridgehead atoms. The number of likely N-dealkylation sites (tertiary alicyclic amines) is 1. The molecular formula is C22H35FN6O2. The molecule has 2 atom stereocenters. The van der Waals surface area contributed by atoms with Crippen LogP contribution < -0.4 is 15.5 Å². The topological polar surface area (TPSA) is 82.1 Å². The van der Waals surface area contributed by atoms with Gasteiger partial charge in [0.1, 0.15) is 5.60 Å². The largest absolute Gasteiger partial charge is 0.444 e. The lowest BCUT2D eigenvalue weighted by Crippen LogP contribution is -2.53. The molecular weight excluding hydrogens is 399 g/mol. The highest BCUT2D eigenvalue weighted by Gasteiger charge is 2.31. The Hall–Kier alpha value is -2.58. The van der Waals surface area contributed by atoms with Gasteiger partial charge in [-0.3, -0.25) is 4.99 Å². The zero-order valence-electron chi connectivity index (χ0n) is 19.0. The average molecular weight is 435 g/mol. The third kappa shape index (κ3) is 6.45. The van der Waals surface area contributed by atoms with Crippen LogP contribution in [0.5, 0.6) is 0 Å². The van der Waals surface area contributed by atoms with Crippen LogP contribution in [0.2, 0.25) is 0 Å². The van der Waals surface area contributed by atoms with Crippen molar-refractivity contribution in [2.75, 3.05) is 38.1 Å². The minimum Gasteiger partial charge on any atom is -0.444 e. The number of piperidine rings is 1. The fraction of sp³-hybridized carbons (Fsp3) is 0.682. The van der Waals surface area contributed by atoms with E-state index in [9.17, 15) is 9.18 Å². The molecule has 2 aliphatic heterocycles. The molecule has 0 spiro atoms. The van der Waals surface area contributed by atoms with E-state index >= 15 is 0 Å². The molecule has 0 aliphatic carbocycles. The lowest BCUT2D eigenvalue weighted by atomic mass is 10.0. The molecule has 2 N–H and O–H groups in total. The maximum atomic E-state index is 14.0. The molecule has 2 unspecified atom stereocenters. The number of nitrogens with zero attached hydrogens (tertiary/aromatic N) is 4. The van der Waals surface area contributed by atoms with E-state index in [1.54, 1.807) is 19.3 Å². The van der Waals surface area contributed by atoms with Crippen molar-refractivity contribution in [3.05, 3.63) is 24.1 Å². The Balaban J connectivity index is 1.52. The van der Waals surface area contributed by atoms with Crippen molar-refractivity contribution in [2.45, 2.75) is 64.1 Å². The molecule has 31 heavy (non-hydrogen) atoms. The Bertz CT molecular complexity index is 782. The monoisotopic (exact) mass is 434 g/mol. The zero-order chi connectivity index (χ0) is 22.4. The van der Waals surface area contributed by atoms with Gasteiger partial charge in [-0.05, 0) is 58.6 Å². The molecule has 9 heteroatoms. The quantitative estimate of drug-likeness (QED) is 0.560. The van der Waals surface area contributed by atoms with E-state index in [1.807, 2.05) is 30.6 Å². The standard InChI is InChI=1S/C22H35FN6O2/c1-22(2,3)31-21(30)29-12-6-5-8-17(29)14-26-20(24-4)27-16-10-13-28(15-16)19-18(23)9-7-11-25-19/h7,9,11,16-17H,5-6,8,10,12-15H2,1-4H3,(H2,24,26,27). The Labute approximate surface area is 184 Å². The number of rotatable bonds is 4. The third-order valence-electron chi connectivity index (χ3n) is 5.55. The number of hydrogen-bond acceptors (Lipinski definition) is 5. The van der Waals surface area contributed by atoms with Gasteiger partial charge in [0.05, 0.1) is 6.04 Å². The molecule has 2 saturated heterocycles. The average Bonchev–Trinajstić information content (AvgIpc) is 3.18. The number of amides is 1. The van der Waals surface area contributed by atoms with Crippen molar-refractivity contribution in [1.82, 2.24) is 20.5 Å². The molecule has 8 nitrogen and oxygen atoms in total. The van der Waals surface area contributed by atoms with Gasteiger partial charge in [-0.2, -0.15) is 0 Å². The highest BCUT2D eigenvalue weighted by Crippen LogP contribution is 2.22. The summed E-state index contributed by atoms with van der Waals surface area (Å²) in [6, 6.07) is 3.23. The minimum absolute atomic E-state index is 0.0600. The van der Waals surface area contributed by atoms with Gasteiger partial charge in [0.15, 0.2) is 17.6 Å². The van der Waals surface area contributed by atoms with Gasteiger partial charge in [-0.25, -0.2) is 14.2 Å². The first-order valence-electron chi connectivity index (χ1n) is 11.1. The van der Waals surface area contributed by atoms with E-state index < -0.39 is 5.60 Å². The van der Waals surface area contributed by atoms with Crippen molar-refractivity contribution in [3.8, 4) is 0 Å². The molecule has 2 aliphatic rings. The van der Waals surface area contributed by atoms with Crippen LogP contribution in [0.3, 0.4) is 0 Å². The van der Waals surface area contributed by atoms with Crippen LogP contribution in [-0.4, -0.2) is 72.8 Å².